The van der Waals surface area contributed by atoms with Crippen LogP contribution < -0.4 is 10.6 Å². The number of rotatable bonds is 8. The lowest BCUT2D eigenvalue weighted by Gasteiger charge is -2.37. The zero-order valence-corrected chi connectivity index (χ0v) is 27.8. The molecule has 0 saturated carbocycles. The van der Waals surface area contributed by atoms with Crippen LogP contribution in [-0.2, 0) is 21.9 Å². The molecule has 2 atom stereocenters. The summed E-state index contributed by atoms with van der Waals surface area (Å²) in [6, 6.07) is 27.2. The molecule has 0 radical (unpaired) electrons. The number of hydrogen-bond acceptors (Lipinski definition) is 4. The molecule has 2 amide bonds. The Bertz CT molecular complexity index is 1810. The van der Waals surface area contributed by atoms with E-state index in [1.807, 2.05) is 85.8 Å². The van der Waals surface area contributed by atoms with Crippen LogP contribution in [0.25, 0.3) is 11.8 Å². The zero-order valence-electron chi connectivity index (χ0n) is 27.0. The van der Waals surface area contributed by atoms with Crippen molar-refractivity contribution in [2.45, 2.75) is 77.3 Å². The minimum absolute atomic E-state index is 0.0256. The third kappa shape index (κ3) is 7.26. The molecule has 2 fully saturated rings. The smallest absolute Gasteiger partial charge is 0.308 e. The first kappa shape index (κ1) is 31.8. The predicted molar refractivity (Wildman–Crippen MR) is 186 cm³/mol. The summed E-state index contributed by atoms with van der Waals surface area (Å²) in [5.41, 5.74) is 5.43. The third-order valence-corrected chi connectivity index (χ3v) is 10.7. The minimum atomic E-state index is -3.50. The van der Waals surface area contributed by atoms with Crippen LogP contribution in [0.15, 0.2) is 90.3 Å². The molecule has 6 rings (SSSR count). The van der Waals surface area contributed by atoms with Gasteiger partial charge in [-0.25, -0.2) is 17.9 Å². The van der Waals surface area contributed by atoms with Gasteiger partial charge in [0.1, 0.15) is 5.82 Å². The van der Waals surface area contributed by atoms with E-state index >= 15 is 0 Å². The Labute approximate surface area is 272 Å². The van der Waals surface area contributed by atoms with Crippen LogP contribution in [0, 0.1) is 12.8 Å². The van der Waals surface area contributed by atoms with E-state index < -0.39 is 10.0 Å². The second-order valence-electron chi connectivity index (χ2n) is 13.7. The van der Waals surface area contributed by atoms with Crippen molar-refractivity contribution in [2.75, 3.05) is 10.6 Å². The quantitative estimate of drug-likeness (QED) is 0.205. The highest BCUT2D eigenvalue weighted by Gasteiger charge is 2.45. The summed E-state index contributed by atoms with van der Waals surface area (Å²) in [5, 5.41) is 12.2. The van der Waals surface area contributed by atoms with Gasteiger partial charge in [-0.05, 0) is 86.4 Å². The van der Waals surface area contributed by atoms with Crippen LogP contribution in [0.1, 0.15) is 68.8 Å². The number of nitrogens with zero attached hydrogens (tertiary/aromatic N) is 3. The van der Waals surface area contributed by atoms with E-state index in [9.17, 15) is 13.2 Å². The van der Waals surface area contributed by atoms with Crippen molar-refractivity contribution in [2.24, 2.45) is 5.92 Å². The normalized spacial score (nSPS) is 20.2. The number of fused-ring (bicyclic) bond motifs is 2. The molecule has 3 aromatic carbocycles. The third-order valence-electron chi connectivity index (χ3n) is 9.00. The van der Waals surface area contributed by atoms with Crippen molar-refractivity contribution < 1.29 is 13.2 Å². The SMILES string of the molecule is Cc1ccc(-n2nc(C(C)(C)C)cc2NC(=O)Nc2cccc(CC3CC4CCC(C3)N4S(=O)(=O)/C=C/c3ccccc3)c2)cc1. The van der Waals surface area contributed by atoms with E-state index in [-0.39, 0.29) is 23.5 Å². The highest BCUT2D eigenvalue weighted by atomic mass is 32.2. The number of aromatic nitrogens is 2. The van der Waals surface area contributed by atoms with Gasteiger partial charge in [-0.3, -0.25) is 5.32 Å². The van der Waals surface area contributed by atoms with Crippen molar-refractivity contribution in [3.63, 3.8) is 0 Å². The van der Waals surface area contributed by atoms with Crippen LogP contribution in [-0.4, -0.2) is 40.6 Å². The highest BCUT2D eigenvalue weighted by Crippen LogP contribution is 2.42. The molecule has 2 N–H and O–H groups in total. The number of amides is 2. The fourth-order valence-corrected chi connectivity index (χ4v) is 8.42. The van der Waals surface area contributed by atoms with Crippen LogP contribution >= 0.6 is 0 Å². The summed E-state index contributed by atoms with van der Waals surface area (Å²) in [5.74, 6) is 0.976. The van der Waals surface area contributed by atoms with Gasteiger partial charge in [0, 0.05) is 34.7 Å². The molecule has 0 spiro atoms. The van der Waals surface area contributed by atoms with E-state index in [2.05, 4.69) is 37.5 Å². The van der Waals surface area contributed by atoms with Crippen molar-refractivity contribution in [3.8, 4) is 5.69 Å². The first-order valence-electron chi connectivity index (χ1n) is 16.1. The molecule has 1 aromatic heterocycles. The molecule has 2 aliphatic heterocycles. The maximum atomic E-state index is 13.3. The van der Waals surface area contributed by atoms with Gasteiger partial charge in [-0.2, -0.15) is 9.40 Å². The largest absolute Gasteiger partial charge is 0.324 e. The van der Waals surface area contributed by atoms with Crippen LogP contribution in [0.3, 0.4) is 0 Å². The standard InChI is InChI=1S/C37H43N5O3S/c1-26-13-15-31(16-14-26)41-35(25-34(40-41)37(2,3)4)39-36(43)38-30-12-8-11-28(22-30)21-29-23-32-17-18-33(24-29)42(32)46(44,45)20-19-27-9-6-5-7-10-27/h5-16,19-20,22,25,29,32-33H,17-18,21,23-24H2,1-4H3,(H2,38,39,43)/b20-19+. The topological polar surface area (TPSA) is 96.3 Å². The van der Waals surface area contributed by atoms with Crippen molar-refractivity contribution >= 4 is 33.6 Å². The molecule has 8 nitrogen and oxygen atoms in total. The predicted octanol–water partition coefficient (Wildman–Crippen LogP) is 7.91. The van der Waals surface area contributed by atoms with Gasteiger partial charge in [0.05, 0.1) is 11.4 Å². The average Bonchev–Trinajstić information content (AvgIpc) is 3.56. The number of carbonyl (C=O) groups is 1. The van der Waals surface area contributed by atoms with Crippen LogP contribution in [0.2, 0.25) is 0 Å². The van der Waals surface area contributed by atoms with Crippen molar-refractivity contribution in [1.29, 1.82) is 0 Å². The average molecular weight is 638 g/mol. The summed E-state index contributed by atoms with van der Waals surface area (Å²) in [6.45, 7) is 8.34. The minimum Gasteiger partial charge on any atom is -0.308 e. The molecule has 9 heteroatoms. The molecule has 4 aromatic rings. The Morgan fingerprint density at radius 2 is 1.61 bits per heavy atom. The van der Waals surface area contributed by atoms with E-state index in [0.717, 1.165) is 60.2 Å². The molecule has 2 aliphatic rings. The first-order valence-corrected chi connectivity index (χ1v) is 17.6. The van der Waals surface area contributed by atoms with Gasteiger partial charge in [0.15, 0.2) is 0 Å². The molecule has 2 unspecified atom stereocenters. The zero-order chi connectivity index (χ0) is 32.5. The number of piperidine rings is 1. The Morgan fingerprint density at radius 1 is 0.913 bits per heavy atom. The molecule has 0 aliphatic carbocycles. The Kier molecular flexibility index (Phi) is 8.90. The lowest BCUT2D eigenvalue weighted by atomic mass is 9.87. The molecule has 240 valence electrons. The summed E-state index contributed by atoms with van der Waals surface area (Å²) < 4.78 is 30.2. The Balaban J connectivity index is 1.10. The summed E-state index contributed by atoms with van der Waals surface area (Å²) in [7, 11) is -3.50. The van der Waals surface area contributed by atoms with Gasteiger partial charge in [0.2, 0.25) is 10.0 Å². The summed E-state index contributed by atoms with van der Waals surface area (Å²) in [4.78, 5) is 13.2. The Morgan fingerprint density at radius 3 is 2.28 bits per heavy atom. The van der Waals surface area contributed by atoms with Crippen molar-refractivity contribution in [3.05, 3.63) is 113 Å². The van der Waals surface area contributed by atoms with Crippen LogP contribution in [0.4, 0.5) is 16.3 Å². The van der Waals surface area contributed by atoms with Crippen molar-refractivity contribution in [1.82, 2.24) is 14.1 Å². The first-order chi connectivity index (χ1) is 21.9. The van der Waals surface area contributed by atoms with Gasteiger partial charge in [-0.1, -0.05) is 80.9 Å². The molecule has 2 bridgehead atoms. The maximum Gasteiger partial charge on any atom is 0.324 e. The number of hydrogen-bond donors (Lipinski definition) is 2. The maximum absolute atomic E-state index is 13.3. The van der Waals surface area contributed by atoms with E-state index in [0.29, 0.717) is 17.4 Å². The number of benzene rings is 3. The van der Waals surface area contributed by atoms with Gasteiger partial charge < -0.3 is 5.32 Å². The lowest BCUT2D eigenvalue weighted by Crippen LogP contribution is -2.46. The van der Waals surface area contributed by atoms with E-state index in [1.165, 1.54) is 5.41 Å². The molecular formula is C37H43N5O3S. The second-order valence-corrected chi connectivity index (χ2v) is 15.4. The number of aryl methyl sites for hydroxylation is 1. The fourth-order valence-electron chi connectivity index (χ4n) is 6.74. The van der Waals surface area contributed by atoms with Gasteiger partial charge in [0.25, 0.3) is 0 Å². The van der Waals surface area contributed by atoms with E-state index in [1.54, 1.807) is 15.1 Å². The van der Waals surface area contributed by atoms with Gasteiger partial charge in [-0.15, -0.1) is 0 Å². The molecular weight excluding hydrogens is 595 g/mol. The monoisotopic (exact) mass is 637 g/mol. The second kappa shape index (κ2) is 12.9. The molecule has 2 saturated heterocycles. The number of carbonyl (C=O) groups excluding carboxylic acids is 1. The molecule has 46 heavy (non-hydrogen) atoms. The lowest BCUT2D eigenvalue weighted by molar-refractivity contribution is 0.192. The van der Waals surface area contributed by atoms with Crippen LogP contribution in [0.5, 0.6) is 0 Å². The van der Waals surface area contributed by atoms with Gasteiger partial charge >= 0.3 is 6.03 Å². The summed E-state index contributed by atoms with van der Waals surface area (Å²) in [6.07, 6.45) is 6.01. The highest BCUT2D eigenvalue weighted by molar-refractivity contribution is 7.92. The Hall–Kier alpha value is -4.21. The number of sulfonamides is 1. The summed E-state index contributed by atoms with van der Waals surface area (Å²) >= 11 is 0. The fraction of sp³-hybridized carbons (Fsp3) is 0.351. The number of anilines is 2. The number of nitrogens with one attached hydrogen (secondary N) is 2. The molecule has 3 heterocycles. The van der Waals surface area contributed by atoms with E-state index in [4.69, 9.17) is 5.10 Å². The number of urea groups is 1.